The summed E-state index contributed by atoms with van der Waals surface area (Å²) in [7, 11) is -3.57. The first kappa shape index (κ1) is 18.7. The van der Waals surface area contributed by atoms with Crippen molar-refractivity contribution in [2.45, 2.75) is 31.9 Å². The highest BCUT2D eigenvalue weighted by atomic mass is 35.5. The first-order chi connectivity index (χ1) is 12.3. The third kappa shape index (κ3) is 4.56. The normalized spacial score (nSPS) is 15.2. The number of nitrogens with one attached hydrogen (secondary N) is 1. The number of nitrogens with zero attached hydrogens (tertiary/aromatic N) is 1. The van der Waals surface area contributed by atoms with Gasteiger partial charge in [-0.1, -0.05) is 29.8 Å². The number of anilines is 2. The Labute approximate surface area is 159 Å². The average Bonchev–Trinajstić information content (AvgIpc) is 2.59. The molecule has 1 heterocycles. The molecule has 0 aliphatic carbocycles. The zero-order valence-electron chi connectivity index (χ0n) is 14.5. The third-order valence-electron chi connectivity index (χ3n) is 4.37. The van der Waals surface area contributed by atoms with Gasteiger partial charge in [0.15, 0.2) is 0 Å². The van der Waals surface area contributed by atoms with Crippen LogP contribution >= 0.6 is 11.6 Å². The maximum atomic E-state index is 12.5. The molecule has 138 valence electrons. The van der Waals surface area contributed by atoms with Crippen LogP contribution in [-0.4, -0.2) is 20.9 Å². The zero-order chi connectivity index (χ0) is 18.7. The molecule has 0 aromatic heterocycles. The zero-order valence-corrected chi connectivity index (χ0v) is 16.1. The Hall–Kier alpha value is -2.05. The van der Waals surface area contributed by atoms with Crippen LogP contribution in [0.2, 0.25) is 5.02 Å². The fourth-order valence-corrected chi connectivity index (χ4v) is 4.36. The minimum absolute atomic E-state index is 0.0838. The maximum Gasteiger partial charge on any atom is 0.236 e. The number of aryl methyl sites for hydroxylation is 1. The molecule has 1 aliphatic rings. The lowest BCUT2D eigenvalue weighted by Gasteiger charge is -2.28. The molecule has 1 N–H and O–H groups in total. The summed E-state index contributed by atoms with van der Waals surface area (Å²) in [5.41, 5.74) is 2.82. The average molecular weight is 393 g/mol. The first-order valence-electron chi connectivity index (χ1n) is 8.50. The van der Waals surface area contributed by atoms with E-state index in [2.05, 4.69) is 4.72 Å². The van der Waals surface area contributed by atoms with Crippen LogP contribution in [0.5, 0.6) is 0 Å². The van der Waals surface area contributed by atoms with Crippen molar-refractivity contribution >= 4 is 38.9 Å². The van der Waals surface area contributed by atoms with E-state index >= 15 is 0 Å². The SMILES string of the molecule is Cc1ccc(NS(=O)(=O)Cc2ccc(Cl)cc2)cc1N1CCCCC1=O. The molecule has 26 heavy (non-hydrogen) atoms. The standard InChI is InChI=1S/C19H21ClN2O3S/c1-14-5-10-17(12-18(14)22-11-3-2-4-19(22)23)21-26(24,25)13-15-6-8-16(20)9-7-15/h5-10,12,21H,2-4,11,13H2,1H3. The van der Waals surface area contributed by atoms with Crippen molar-refractivity contribution in [2.24, 2.45) is 0 Å². The molecule has 1 amide bonds. The van der Waals surface area contributed by atoms with E-state index < -0.39 is 10.0 Å². The van der Waals surface area contributed by atoms with Gasteiger partial charge in [0.05, 0.1) is 11.4 Å². The van der Waals surface area contributed by atoms with E-state index in [1.807, 2.05) is 13.0 Å². The molecule has 0 bridgehead atoms. The second kappa shape index (κ2) is 7.68. The Bertz CT molecular complexity index is 911. The highest BCUT2D eigenvalue weighted by molar-refractivity contribution is 7.91. The summed E-state index contributed by atoms with van der Waals surface area (Å²) in [6.45, 7) is 2.59. The van der Waals surface area contributed by atoms with Gasteiger partial charge in [0.1, 0.15) is 0 Å². The number of hydrogen-bond acceptors (Lipinski definition) is 3. The molecule has 0 radical (unpaired) electrons. The van der Waals surface area contributed by atoms with Gasteiger partial charge in [0.2, 0.25) is 15.9 Å². The van der Waals surface area contributed by atoms with Gasteiger partial charge in [0, 0.05) is 23.7 Å². The van der Waals surface area contributed by atoms with E-state index in [0.29, 0.717) is 29.2 Å². The van der Waals surface area contributed by atoms with Crippen molar-refractivity contribution in [2.75, 3.05) is 16.2 Å². The fraction of sp³-hybridized carbons (Fsp3) is 0.316. The van der Waals surface area contributed by atoms with Crippen LogP contribution in [-0.2, 0) is 20.6 Å². The van der Waals surface area contributed by atoms with Crippen molar-refractivity contribution in [3.05, 3.63) is 58.6 Å². The van der Waals surface area contributed by atoms with Crippen molar-refractivity contribution in [1.29, 1.82) is 0 Å². The van der Waals surface area contributed by atoms with Gasteiger partial charge in [-0.2, -0.15) is 0 Å². The quantitative estimate of drug-likeness (QED) is 0.832. The van der Waals surface area contributed by atoms with Gasteiger partial charge in [0.25, 0.3) is 0 Å². The summed E-state index contributed by atoms with van der Waals surface area (Å²) >= 11 is 5.83. The van der Waals surface area contributed by atoms with Crippen LogP contribution in [0.3, 0.4) is 0 Å². The highest BCUT2D eigenvalue weighted by Gasteiger charge is 2.22. The van der Waals surface area contributed by atoms with Gasteiger partial charge in [-0.05, 0) is 55.2 Å². The number of rotatable bonds is 5. The highest BCUT2D eigenvalue weighted by Crippen LogP contribution is 2.28. The summed E-state index contributed by atoms with van der Waals surface area (Å²) in [5.74, 6) is -0.0590. The molecular weight excluding hydrogens is 372 g/mol. The van der Waals surface area contributed by atoms with Gasteiger partial charge in [-0.25, -0.2) is 8.42 Å². The topological polar surface area (TPSA) is 66.5 Å². The van der Waals surface area contributed by atoms with Gasteiger partial charge >= 0.3 is 0 Å². The van der Waals surface area contributed by atoms with Crippen LogP contribution in [0.25, 0.3) is 0 Å². The monoisotopic (exact) mass is 392 g/mol. The predicted molar refractivity (Wildman–Crippen MR) is 105 cm³/mol. The second-order valence-corrected chi connectivity index (χ2v) is 8.65. The van der Waals surface area contributed by atoms with Crippen LogP contribution in [0, 0.1) is 6.92 Å². The van der Waals surface area contributed by atoms with Crippen LogP contribution < -0.4 is 9.62 Å². The molecule has 1 aliphatic heterocycles. The maximum absolute atomic E-state index is 12.5. The molecule has 1 saturated heterocycles. The largest absolute Gasteiger partial charge is 0.312 e. The molecule has 2 aromatic carbocycles. The molecule has 2 aromatic rings. The van der Waals surface area contributed by atoms with E-state index in [1.54, 1.807) is 41.3 Å². The Morgan fingerprint density at radius 1 is 1.12 bits per heavy atom. The number of hydrogen-bond donors (Lipinski definition) is 1. The fourth-order valence-electron chi connectivity index (χ4n) is 3.04. The smallest absolute Gasteiger partial charge is 0.236 e. The molecule has 0 spiro atoms. The molecule has 0 atom stereocenters. The molecule has 3 rings (SSSR count). The van der Waals surface area contributed by atoms with Crippen LogP contribution in [0.4, 0.5) is 11.4 Å². The number of benzene rings is 2. The van der Waals surface area contributed by atoms with Gasteiger partial charge in [-0.15, -0.1) is 0 Å². The Balaban J connectivity index is 1.79. The Morgan fingerprint density at radius 2 is 1.85 bits per heavy atom. The minimum Gasteiger partial charge on any atom is -0.312 e. The summed E-state index contributed by atoms with van der Waals surface area (Å²) < 4.78 is 27.5. The second-order valence-electron chi connectivity index (χ2n) is 6.49. The first-order valence-corrected chi connectivity index (χ1v) is 10.5. The van der Waals surface area contributed by atoms with Gasteiger partial charge < -0.3 is 4.90 Å². The minimum atomic E-state index is -3.57. The van der Waals surface area contributed by atoms with Crippen LogP contribution in [0.15, 0.2) is 42.5 Å². The van der Waals surface area contributed by atoms with E-state index in [4.69, 9.17) is 11.6 Å². The van der Waals surface area contributed by atoms with E-state index in [1.165, 1.54) is 0 Å². The summed E-state index contributed by atoms with van der Waals surface area (Å²) in [5, 5.41) is 0.563. The molecule has 1 fully saturated rings. The van der Waals surface area contributed by atoms with E-state index in [9.17, 15) is 13.2 Å². The summed E-state index contributed by atoms with van der Waals surface area (Å²) in [6.07, 6.45) is 2.39. The van der Waals surface area contributed by atoms with Crippen molar-refractivity contribution in [3.8, 4) is 0 Å². The molecule has 7 heteroatoms. The number of halogens is 1. The Morgan fingerprint density at radius 3 is 2.54 bits per heavy atom. The number of piperidine rings is 1. The molecule has 0 saturated carbocycles. The summed E-state index contributed by atoms with van der Waals surface area (Å²) in [4.78, 5) is 13.9. The van der Waals surface area contributed by atoms with Crippen molar-refractivity contribution < 1.29 is 13.2 Å². The number of carbonyl (C=O) groups is 1. The van der Waals surface area contributed by atoms with Crippen molar-refractivity contribution in [1.82, 2.24) is 0 Å². The third-order valence-corrected chi connectivity index (χ3v) is 5.88. The molecule has 5 nitrogen and oxygen atoms in total. The van der Waals surface area contributed by atoms with E-state index in [-0.39, 0.29) is 11.7 Å². The van der Waals surface area contributed by atoms with Gasteiger partial charge in [-0.3, -0.25) is 9.52 Å². The number of amides is 1. The van der Waals surface area contributed by atoms with E-state index in [0.717, 1.165) is 24.1 Å². The molecular formula is C19H21ClN2O3S. The number of sulfonamides is 1. The van der Waals surface area contributed by atoms with Crippen molar-refractivity contribution in [3.63, 3.8) is 0 Å². The summed E-state index contributed by atoms with van der Waals surface area (Å²) in [6, 6.07) is 12.0. The Kier molecular flexibility index (Phi) is 5.53. The molecule has 0 unspecified atom stereocenters. The lowest BCUT2D eigenvalue weighted by molar-refractivity contribution is -0.119. The lowest BCUT2D eigenvalue weighted by atomic mass is 10.1. The lowest BCUT2D eigenvalue weighted by Crippen LogP contribution is -2.35. The van der Waals surface area contributed by atoms with Crippen LogP contribution in [0.1, 0.15) is 30.4 Å². The number of carbonyl (C=O) groups excluding carboxylic acids is 1. The predicted octanol–water partition coefficient (Wildman–Crippen LogP) is 4.11.